The highest BCUT2D eigenvalue weighted by Gasteiger charge is 2.18. The molecular formula is C22H27N5O3. The molecule has 1 N–H and O–H groups in total. The molecule has 0 radical (unpaired) electrons. The fraction of sp³-hybridized carbons (Fsp3) is 0.409. The second-order valence-electron chi connectivity index (χ2n) is 7.53. The maximum atomic E-state index is 12.7. The van der Waals surface area contributed by atoms with Crippen LogP contribution in [0.25, 0.3) is 11.0 Å². The van der Waals surface area contributed by atoms with Gasteiger partial charge in [-0.3, -0.25) is 13.9 Å². The number of ether oxygens (including phenoxy) is 1. The molecule has 3 heterocycles. The SMILES string of the molecule is CCn1c(=O)n(CC(=O)NCc2ccc(N3CCOC(C)C3)nc2)c2ccccc21. The number of aryl methyl sites for hydroxylation is 1. The number of pyridine rings is 1. The third-order valence-electron chi connectivity index (χ3n) is 5.41. The number of para-hydroxylation sites is 2. The van der Waals surface area contributed by atoms with Crippen molar-refractivity contribution in [3.8, 4) is 0 Å². The van der Waals surface area contributed by atoms with Gasteiger partial charge in [-0.15, -0.1) is 0 Å². The van der Waals surface area contributed by atoms with Crippen LogP contribution in [0.5, 0.6) is 0 Å². The van der Waals surface area contributed by atoms with E-state index in [0.717, 1.165) is 35.5 Å². The zero-order valence-corrected chi connectivity index (χ0v) is 17.4. The van der Waals surface area contributed by atoms with E-state index in [1.807, 2.05) is 43.3 Å². The minimum atomic E-state index is -0.206. The summed E-state index contributed by atoms with van der Waals surface area (Å²) in [5.74, 6) is 0.710. The van der Waals surface area contributed by atoms with E-state index in [9.17, 15) is 9.59 Å². The quantitative estimate of drug-likeness (QED) is 0.671. The molecule has 30 heavy (non-hydrogen) atoms. The summed E-state index contributed by atoms with van der Waals surface area (Å²) in [6.45, 7) is 7.25. The van der Waals surface area contributed by atoms with Gasteiger partial charge < -0.3 is 15.0 Å². The molecule has 3 aromatic rings. The average Bonchev–Trinajstić information content (AvgIpc) is 3.03. The van der Waals surface area contributed by atoms with Crippen LogP contribution >= 0.6 is 0 Å². The van der Waals surface area contributed by atoms with Crippen molar-refractivity contribution in [3.05, 3.63) is 58.6 Å². The second-order valence-corrected chi connectivity index (χ2v) is 7.53. The Bertz CT molecular complexity index is 1090. The smallest absolute Gasteiger partial charge is 0.329 e. The number of nitrogens with one attached hydrogen (secondary N) is 1. The number of imidazole rings is 1. The van der Waals surface area contributed by atoms with E-state index in [2.05, 4.69) is 22.1 Å². The highest BCUT2D eigenvalue weighted by molar-refractivity contribution is 5.80. The average molecular weight is 409 g/mol. The van der Waals surface area contributed by atoms with E-state index in [1.54, 1.807) is 10.8 Å². The second kappa shape index (κ2) is 8.71. The predicted octanol–water partition coefficient (Wildman–Crippen LogP) is 1.76. The molecule has 1 atom stereocenters. The molecule has 1 amide bonds. The lowest BCUT2D eigenvalue weighted by Gasteiger charge is -2.32. The topological polar surface area (TPSA) is 81.4 Å². The standard InChI is InChI=1S/C22H27N5O3/c1-3-26-18-6-4-5-7-19(18)27(22(26)29)15-21(28)24-13-17-8-9-20(23-12-17)25-10-11-30-16(2)14-25/h4-9,12,16H,3,10-11,13-15H2,1-2H3,(H,24,28). The minimum absolute atomic E-state index is 0.0104. The third kappa shape index (κ3) is 4.09. The summed E-state index contributed by atoms with van der Waals surface area (Å²) in [6.07, 6.45) is 1.98. The molecule has 0 bridgehead atoms. The molecule has 0 aliphatic carbocycles. The van der Waals surface area contributed by atoms with E-state index in [0.29, 0.717) is 19.7 Å². The number of morpholine rings is 1. The predicted molar refractivity (Wildman–Crippen MR) is 116 cm³/mol. The van der Waals surface area contributed by atoms with Gasteiger partial charge in [-0.25, -0.2) is 9.78 Å². The van der Waals surface area contributed by atoms with Crippen molar-refractivity contribution >= 4 is 22.8 Å². The molecule has 2 aromatic heterocycles. The molecule has 0 spiro atoms. The first kappa shape index (κ1) is 20.2. The van der Waals surface area contributed by atoms with Gasteiger partial charge in [-0.05, 0) is 37.6 Å². The Labute approximate surface area is 175 Å². The highest BCUT2D eigenvalue weighted by Crippen LogP contribution is 2.16. The van der Waals surface area contributed by atoms with Gasteiger partial charge in [0.1, 0.15) is 12.4 Å². The first-order chi connectivity index (χ1) is 14.6. The molecule has 1 unspecified atom stereocenters. The monoisotopic (exact) mass is 409 g/mol. The number of nitrogens with zero attached hydrogens (tertiary/aromatic N) is 4. The van der Waals surface area contributed by atoms with Crippen LogP contribution < -0.4 is 15.9 Å². The summed E-state index contributed by atoms with van der Waals surface area (Å²) in [7, 11) is 0. The zero-order valence-electron chi connectivity index (χ0n) is 17.4. The lowest BCUT2D eigenvalue weighted by atomic mass is 10.2. The number of hydrogen-bond donors (Lipinski definition) is 1. The maximum Gasteiger partial charge on any atom is 0.329 e. The van der Waals surface area contributed by atoms with E-state index < -0.39 is 0 Å². The summed E-state index contributed by atoms with van der Waals surface area (Å²) >= 11 is 0. The van der Waals surface area contributed by atoms with Crippen molar-refractivity contribution in [3.63, 3.8) is 0 Å². The van der Waals surface area contributed by atoms with Gasteiger partial charge in [-0.1, -0.05) is 18.2 Å². The van der Waals surface area contributed by atoms with Gasteiger partial charge in [0, 0.05) is 32.4 Å². The molecule has 158 valence electrons. The number of rotatable bonds is 6. The minimum Gasteiger partial charge on any atom is -0.375 e. The number of benzene rings is 1. The van der Waals surface area contributed by atoms with Crippen molar-refractivity contribution in [2.75, 3.05) is 24.6 Å². The van der Waals surface area contributed by atoms with Crippen LogP contribution in [0, 0.1) is 0 Å². The number of amides is 1. The molecule has 1 saturated heterocycles. The molecule has 1 fully saturated rings. The Kier molecular flexibility index (Phi) is 5.85. The van der Waals surface area contributed by atoms with Gasteiger partial charge >= 0.3 is 5.69 Å². The lowest BCUT2D eigenvalue weighted by Crippen LogP contribution is -2.41. The first-order valence-electron chi connectivity index (χ1n) is 10.3. The van der Waals surface area contributed by atoms with E-state index in [4.69, 9.17) is 4.74 Å². The molecule has 8 nitrogen and oxygen atoms in total. The molecule has 8 heteroatoms. The molecule has 4 rings (SSSR count). The van der Waals surface area contributed by atoms with Crippen LogP contribution in [0.2, 0.25) is 0 Å². The summed E-state index contributed by atoms with van der Waals surface area (Å²) in [6, 6.07) is 11.5. The third-order valence-corrected chi connectivity index (χ3v) is 5.41. The van der Waals surface area contributed by atoms with Crippen LogP contribution in [-0.4, -0.2) is 45.8 Å². The van der Waals surface area contributed by atoms with Gasteiger partial charge in [0.2, 0.25) is 5.91 Å². The van der Waals surface area contributed by atoms with Gasteiger partial charge in [0.25, 0.3) is 0 Å². The molecule has 1 aliphatic heterocycles. The van der Waals surface area contributed by atoms with Gasteiger partial charge in [0.15, 0.2) is 0 Å². The zero-order chi connectivity index (χ0) is 21.1. The van der Waals surface area contributed by atoms with Gasteiger partial charge in [0.05, 0.1) is 23.7 Å². The Morgan fingerprint density at radius 2 is 1.97 bits per heavy atom. The van der Waals surface area contributed by atoms with E-state index in [-0.39, 0.29) is 24.2 Å². The number of carbonyl (C=O) groups excluding carboxylic acids is 1. The van der Waals surface area contributed by atoms with Crippen LogP contribution in [0.1, 0.15) is 19.4 Å². The largest absolute Gasteiger partial charge is 0.375 e. The van der Waals surface area contributed by atoms with Gasteiger partial charge in [-0.2, -0.15) is 0 Å². The Balaban J connectivity index is 1.39. The molecular weight excluding hydrogens is 382 g/mol. The first-order valence-corrected chi connectivity index (χ1v) is 10.3. The van der Waals surface area contributed by atoms with Crippen LogP contribution in [-0.2, 0) is 29.2 Å². The van der Waals surface area contributed by atoms with Crippen molar-refractivity contribution in [2.24, 2.45) is 0 Å². The van der Waals surface area contributed by atoms with E-state index in [1.165, 1.54) is 4.57 Å². The summed E-state index contributed by atoms with van der Waals surface area (Å²) in [5, 5.41) is 2.89. The van der Waals surface area contributed by atoms with Crippen molar-refractivity contribution in [1.82, 2.24) is 19.4 Å². The number of aromatic nitrogens is 3. The van der Waals surface area contributed by atoms with Crippen LogP contribution in [0.4, 0.5) is 5.82 Å². The van der Waals surface area contributed by atoms with E-state index >= 15 is 0 Å². The molecule has 1 aromatic carbocycles. The fourth-order valence-electron chi connectivity index (χ4n) is 3.87. The number of carbonyl (C=O) groups is 1. The maximum absolute atomic E-state index is 12.7. The Morgan fingerprint density at radius 1 is 1.20 bits per heavy atom. The summed E-state index contributed by atoms with van der Waals surface area (Å²) in [4.78, 5) is 31.9. The molecule has 1 aliphatic rings. The van der Waals surface area contributed by atoms with Crippen molar-refractivity contribution in [2.45, 2.75) is 39.6 Å². The normalized spacial score (nSPS) is 16.7. The van der Waals surface area contributed by atoms with Crippen molar-refractivity contribution < 1.29 is 9.53 Å². The number of anilines is 1. The Morgan fingerprint density at radius 3 is 2.63 bits per heavy atom. The number of fused-ring (bicyclic) bond motifs is 1. The van der Waals surface area contributed by atoms with Crippen LogP contribution in [0.3, 0.4) is 0 Å². The summed E-state index contributed by atoms with van der Waals surface area (Å²) in [5.41, 5.74) is 2.36. The summed E-state index contributed by atoms with van der Waals surface area (Å²) < 4.78 is 8.77. The number of hydrogen-bond acceptors (Lipinski definition) is 5. The lowest BCUT2D eigenvalue weighted by molar-refractivity contribution is -0.121. The highest BCUT2D eigenvalue weighted by atomic mass is 16.5. The molecule has 0 saturated carbocycles. The Hall–Kier alpha value is -3.13. The fourth-order valence-corrected chi connectivity index (χ4v) is 3.87. The van der Waals surface area contributed by atoms with Crippen molar-refractivity contribution in [1.29, 1.82) is 0 Å². The van der Waals surface area contributed by atoms with Crippen LogP contribution in [0.15, 0.2) is 47.4 Å².